The summed E-state index contributed by atoms with van der Waals surface area (Å²) >= 11 is 0. The van der Waals surface area contributed by atoms with E-state index in [2.05, 4.69) is 0 Å². The van der Waals surface area contributed by atoms with Gasteiger partial charge in [-0.3, -0.25) is 10.1 Å². The van der Waals surface area contributed by atoms with Crippen molar-refractivity contribution in [3.63, 3.8) is 0 Å². The standard InChI is InChI=1S/C15H15NO5S/c17-15(13-7-4-8-14(9-13)16(18)19)11-22(20,21)10-12-5-2-1-3-6-12/h1-9,15,17H,10-11H2. The van der Waals surface area contributed by atoms with Crippen LogP contribution in [0.4, 0.5) is 5.69 Å². The molecule has 0 aromatic heterocycles. The number of non-ortho nitro benzene ring substituents is 1. The van der Waals surface area contributed by atoms with Gasteiger partial charge in [0.25, 0.3) is 5.69 Å². The third kappa shape index (κ3) is 4.37. The van der Waals surface area contributed by atoms with Gasteiger partial charge in [-0.25, -0.2) is 8.42 Å². The Kier molecular flexibility index (Phi) is 4.89. The molecule has 0 aliphatic carbocycles. The molecule has 0 saturated heterocycles. The average molecular weight is 321 g/mol. The molecule has 7 heteroatoms. The summed E-state index contributed by atoms with van der Waals surface area (Å²) in [5, 5.41) is 20.7. The number of nitrogens with zero attached hydrogens (tertiary/aromatic N) is 1. The first-order valence-electron chi connectivity index (χ1n) is 6.54. The monoisotopic (exact) mass is 321 g/mol. The molecule has 0 aliphatic rings. The van der Waals surface area contributed by atoms with Crippen molar-refractivity contribution in [2.75, 3.05) is 5.75 Å². The molecule has 116 valence electrons. The van der Waals surface area contributed by atoms with E-state index in [1.165, 1.54) is 24.3 Å². The number of hydrogen-bond acceptors (Lipinski definition) is 5. The van der Waals surface area contributed by atoms with Crippen molar-refractivity contribution in [2.45, 2.75) is 11.9 Å². The second-order valence-corrected chi connectivity index (χ2v) is 7.02. The molecule has 2 aromatic rings. The number of sulfone groups is 1. The Morgan fingerprint density at radius 3 is 2.41 bits per heavy atom. The second-order valence-electron chi connectivity index (χ2n) is 4.91. The Morgan fingerprint density at radius 1 is 1.09 bits per heavy atom. The zero-order chi connectivity index (χ0) is 16.2. The number of aliphatic hydroxyl groups is 1. The minimum Gasteiger partial charge on any atom is -0.387 e. The van der Waals surface area contributed by atoms with Crippen molar-refractivity contribution < 1.29 is 18.4 Å². The Hall–Kier alpha value is -2.25. The third-order valence-electron chi connectivity index (χ3n) is 3.11. The lowest BCUT2D eigenvalue weighted by molar-refractivity contribution is -0.385. The van der Waals surface area contributed by atoms with Gasteiger partial charge in [0, 0.05) is 12.1 Å². The molecule has 0 fully saturated rings. The number of rotatable bonds is 6. The second kappa shape index (κ2) is 6.67. The van der Waals surface area contributed by atoms with Gasteiger partial charge in [-0.1, -0.05) is 42.5 Å². The van der Waals surface area contributed by atoms with Crippen molar-refractivity contribution >= 4 is 15.5 Å². The van der Waals surface area contributed by atoms with Gasteiger partial charge in [0.1, 0.15) is 0 Å². The van der Waals surface area contributed by atoms with Gasteiger partial charge in [-0.15, -0.1) is 0 Å². The van der Waals surface area contributed by atoms with Crippen LogP contribution < -0.4 is 0 Å². The molecule has 0 bridgehead atoms. The average Bonchev–Trinajstić information content (AvgIpc) is 2.47. The van der Waals surface area contributed by atoms with Crippen LogP contribution in [0, 0.1) is 10.1 Å². The lowest BCUT2D eigenvalue weighted by atomic mass is 10.1. The van der Waals surface area contributed by atoms with Crippen molar-refractivity contribution in [2.24, 2.45) is 0 Å². The molecule has 1 atom stereocenters. The molecular formula is C15H15NO5S. The van der Waals surface area contributed by atoms with E-state index < -0.39 is 26.6 Å². The minimum atomic E-state index is -3.53. The smallest absolute Gasteiger partial charge is 0.269 e. The largest absolute Gasteiger partial charge is 0.387 e. The molecule has 0 heterocycles. The normalized spacial score (nSPS) is 12.8. The van der Waals surface area contributed by atoms with Gasteiger partial charge in [0.15, 0.2) is 9.84 Å². The Labute approximate surface area is 128 Å². The summed E-state index contributed by atoms with van der Waals surface area (Å²) < 4.78 is 24.2. The molecule has 2 aromatic carbocycles. The first kappa shape index (κ1) is 16.1. The third-order valence-corrected chi connectivity index (χ3v) is 4.70. The van der Waals surface area contributed by atoms with Gasteiger partial charge in [0.2, 0.25) is 0 Å². The van der Waals surface area contributed by atoms with Crippen LogP contribution in [-0.2, 0) is 15.6 Å². The molecule has 0 saturated carbocycles. The summed E-state index contributed by atoms with van der Waals surface area (Å²) in [6.45, 7) is 0. The molecule has 6 nitrogen and oxygen atoms in total. The molecule has 0 amide bonds. The quantitative estimate of drug-likeness (QED) is 0.650. The van der Waals surface area contributed by atoms with Crippen LogP contribution in [0.2, 0.25) is 0 Å². The van der Waals surface area contributed by atoms with E-state index in [9.17, 15) is 23.6 Å². The fraction of sp³-hybridized carbons (Fsp3) is 0.200. The van der Waals surface area contributed by atoms with Gasteiger partial charge in [-0.2, -0.15) is 0 Å². The first-order chi connectivity index (χ1) is 10.4. The maximum absolute atomic E-state index is 12.1. The lowest BCUT2D eigenvalue weighted by Crippen LogP contribution is -2.16. The van der Waals surface area contributed by atoms with Crippen molar-refractivity contribution in [3.8, 4) is 0 Å². The van der Waals surface area contributed by atoms with Gasteiger partial charge >= 0.3 is 0 Å². The predicted octanol–water partition coefficient (Wildman–Crippen LogP) is 2.24. The Bertz CT molecular complexity index is 759. The fourth-order valence-corrected chi connectivity index (χ4v) is 3.56. The van der Waals surface area contributed by atoms with E-state index in [0.29, 0.717) is 5.56 Å². The lowest BCUT2D eigenvalue weighted by Gasteiger charge is -2.11. The fourth-order valence-electron chi connectivity index (χ4n) is 2.07. The predicted molar refractivity (Wildman–Crippen MR) is 82.0 cm³/mol. The summed E-state index contributed by atoms with van der Waals surface area (Å²) in [6.07, 6.45) is -1.30. The van der Waals surface area contributed by atoms with E-state index in [1.54, 1.807) is 30.3 Å². The molecule has 22 heavy (non-hydrogen) atoms. The summed E-state index contributed by atoms with van der Waals surface area (Å²) in [4.78, 5) is 10.1. The first-order valence-corrected chi connectivity index (χ1v) is 8.36. The molecule has 1 unspecified atom stereocenters. The molecule has 2 rings (SSSR count). The zero-order valence-corrected chi connectivity index (χ0v) is 12.4. The molecule has 0 spiro atoms. The van der Waals surface area contributed by atoms with Crippen LogP contribution in [0.3, 0.4) is 0 Å². The maximum Gasteiger partial charge on any atom is 0.269 e. The van der Waals surface area contributed by atoms with E-state index in [0.717, 1.165) is 0 Å². The van der Waals surface area contributed by atoms with E-state index >= 15 is 0 Å². The number of benzene rings is 2. The van der Waals surface area contributed by atoms with Crippen molar-refractivity contribution in [1.82, 2.24) is 0 Å². The zero-order valence-electron chi connectivity index (χ0n) is 11.6. The van der Waals surface area contributed by atoms with E-state index in [4.69, 9.17) is 0 Å². The van der Waals surface area contributed by atoms with Crippen LogP contribution >= 0.6 is 0 Å². The van der Waals surface area contributed by atoms with Crippen LogP contribution in [0.15, 0.2) is 54.6 Å². The SMILES string of the molecule is O=[N+]([O-])c1cccc(C(O)CS(=O)(=O)Cc2ccccc2)c1. The summed E-state index contributed by atoms with van der Waals surface area (Å²) in [5.41, 5.74) is 0.664. The molecule has 0 radical (unpaired) electrons. The van der Waals surface area contributed by atoms with Crippen molar-refractivity contribution in [1.29, 1.82) is 0 Å². The number of aliphatic hydroxyl groups excluding tert-OH is 1. The van der Waals surface area contributed by atoms with Gasteiger partial charge in [-0.05, 0) is 11.1 Å². The minimum absolute atomic E-state index is 0.181. The van der Waals surface area contributed by atoms with Gasteiger partial charge in [0.05, 0.1) is 22.5 Å². The number of nitro benzene ring substituents is 1. The Morgan fingerprint density at radius 2 is 1.77 bits per heavy atom. The van der Waals surface area contributed by atoms with E-state index in [-0.39, 0.29) is 17.0 Å². The summed E-state index contributed by atoms with van der Waals surface area (Å²) in [5.74, 6) is -0.664. The summed E-state index contributed by atoms with van der Waals surface area (Å²) in [6, 6.07) is 14.0. The topological polar surface area (TPSA) is 97.5 Å². The molecular weight excluding hydrogens is 306 g/mol. The van der Waals surface area contributed by atoms with Crippen LogP contribution in [0.25, 0.3) is 0 Å². The summed E-state index contributed by atoms with van der Waals surface area (Å²) in [7, 11) is -3.53. The van der Waals surface area contributed by atoms with Crippen LogP contribution in [0.1, 0.15) is 17.2 Å². The van der Waals surface area contributed by atoms with E-state index in [1.807, 2.05) is 0 Å². The van der Waals surface area contributed by atoms with Crippen molar-refractivity contribution in [3.05, 3.63) is 75.8 Å². The highest BCUT2D eigenvalue weighted by Gasteiger charge is 2.20. The molecule has 1 N–H and O–H groups in total. The van der Waals surface area contributed by atoms with Crippen LogP contribution in [-0.4, -0.2) is 24.2 Å². The number of hydrogen-bond donors (Lipinski definition) is 1. The van der Waals surface area contributed by atoms with Gasteiger partial charge < -0.3 is 5.11 Å². The number of nitro groups is 1. The highest BCUT2D eigenvalue weighted by Crippen LogP contribution is 2.21. The highest BCUT2D eigenvalue weighted by molar-refractivity contribution is 7.90. The maximum atomic E-state index is 12.1. The highest BCUT2D eigenvalue weighted by atomic mass is 32.2. The van der Waals surface area contributed by atoms with Crippen LogP contribution in [0.5, 0.6) is 0 Å². The Balaban J connectivity index is 2.12. The molecule has 0 aliphatic heterocycles.